The van der Waals surface area contributed by atoms with E-state index in [-0.39, 0.29) is 17.4 Å². The molecule has 0 unspecified atom stereocenters. The molecule has 2 heterocycles. The first-order valence-corrected chi connectivity index (χ1v) is 12.6. The van der Waals surface area contributed by atoms with Crippen molar-refractivity contribution in [2.45, 2.75) is 40.0 Å². The first kappa shape index (κ1) is 22.9. The van der Waals surface area contributed by atoms with Crippen molar-refractivity contribution >= 4 is 50.1 Å². The summed E-state index contributed by atoms with van der Waals surface area (Å²) in [6, 6.07) is 16.6. The van der Waals surface area contributed by atoms with Crippen LogP contribution in [0.4, 0.5) is 10.8 Å². The summed E-state index contributed by atoms with van der Waals surface area (Å²) >= 11 is 1.41. The summed E-state index contributed by atoms with van der Waals surface area (Å²) in [6.07, 6.45) is 2.33. The minimum Gasteiger partial charge on any atom is -0.298 e. The lowest BCUT2D eigenvalue weighted by atomic mass is 10.0. The van der Waals surface area contributed by atoms with E-state index < -0.39 is 5.91 Å². The van der Waals surface area contributed by atoms with Gasteiger partial charge in [0.2, 0.25) is 0 Å². The van der Waals surface area contributed by atoms with Gasteiger partial charge in [0.05, 0.1) is 27.0 Å². The minimum atomic E-state index is -0.401. The Hall–Kier alpha value is -3.84. The number of hydrogen-bond acceptors (Lipinski definition) is 5. The van der Waals surface area contributed by atoms with Gasteiger partial charge in [-0.1, -0.05) is 56.4 Å². The summed E-state index contributed by atoms with van der Waals surface area (Å²) in [5, 5.41) is 3.33. The molecule has 5 rings (SSSR count). The maximum atomic E-state index is 13.4. The van der Waals surface area contributed by atoms with Crippen LogP contribution in [0.2, 0.25) is 0 Å². The van der Waals surface area contributed by atoms with E-state index in [0.717, 1.165) is 27.8 Å². The fourth-order valence-corrected chi connectivity index (χ4v) is 5.42. The summed E-state index contributed by atoms with van der Waals surface area (Å²) in [4.78, 5) is 45.4. The molecule has 3 aromatic carbocycles. The molecule has 0 atom stereocenters. The lowest BCUT2D eigenvalue weighted by molar-refractivity contribution is 0.0925. The number of imide groups is 1. The molecule has 1 aromatic heterocycles. The molecule has 0 saturated carbocycles. The average Bonchev–Trinajstić information content (AvgIpc) is 3.39. The molecule has 4 aromatic rings. The predicted molar refractivity (Wildman–Crippen MR) is 140 cm³/mol. The van der Waals surface area contributed by atoms with Crippen molar-refractivity contribution in [2.24, 2.45) is 0 Å². The van der Waals surface area contributed by atoms with Gasteiger partial charge in [-0.25, -0.2) is 9.88 Å². The molecule has 0 aliphatic carbocycles. The Bertz CT molecular complexity index is 1480. The van der Waals surface area contributed by atoms with Gasteiger partial charge >= 0.3 is 0 Å². The van der Waals surface area contributed by atoms with Crippen LogP contribution in [-0.4, -0.2) is 22.7 Å². The number of aromatic nitrogens is 1. The molecule has 3 amide bonds. The van der Waals surface area contributed by atoms with Crippen molar-refractivity contribution in [2.75, 3.05) is 10.2 Å². The highest BCUT2D eigenvalue weighted by Crippen LogP contribution is 2.35. The third kappa shape index (κ3) is 3.91. The fourth-order valence-electron chi connectivity index (χ4n) is 4.50. The second-order valence-corrected chi connectivity index (χ2v) is 9.50. The molecule has 176 valence electrons. The third-order valence-electron chi connectivity index (χ3n) is 6.42. The molecule has 6 nitrogen and oxygen atoms in total. The Morgan fingerprint density at radius 1 is 0.886 bits per heavy atom. The summed E-state index contributed by atoms with van der Waals surface area (Å²) in [7, 11) is 0. The van der Waals surface area contributed by atoms with Crippen molar-refractivity contribution in [1.29, 1.82) is 0 Å². The van der Waals surface area contributed by atoms with Crippen molar-refractivity contribution < 1.29 is 14.4 Å². The monoisotopic (exact) mass is 483 g/mol. The molecule has 0 spiro atoms. The topological polar surface area (TPSA) is 79.4 Å². The first-order valence-electron chi connectivity index (χ1n) is 11.8. The molecule has 1 aliphatic heterocycles. The number of thiazole rings is 1. The lowest BCUT2D eigenvalue weighted by Crippen LogP contribution is -2.31. The van der Waals surface area contributed by atoms with Gasteiger partial charge in [-0.3, -0.25) is 19.7 Å². The van der Waals surface area contributed by atoms with E-state index in [2.05, 4.69) is 23.3 Å². The number of benzene rings is 3. The number of carbonyl (C=O) groups excluding carboxylic acids is 3. The van der Waals surface area contributed by atoms with E-state index >= 15 is 0 Å². The molecule has 1 aliphatic rings. The number of rotatable bonds is 6. The summed E-state index contributed by atoms with van der Waals surface area (Å²) in [6.45, 7) is 6.10. The Kier molecular flexibility index (Phi) is 5.94. The van der Waals surface area contributed by atoms with Crippen molar-refractivity contribution in [3.63, 3.8) is 0 Å². The number of nitrogens with one attached hydrogen (secondary N) is 1. The molecule has 1 N–H and O–H groups in total. The van der Waals surface area contributed by atoms with E-state index in [0.29, 0.717) is 34.8 Å². The maximum absolute atomic E-state index is 13.4. The number of carbonyl (C=O) groups is 3. The minimum absolute atomic E-state index is 0.243. The highest BCUT2D eigenvalue weighted by atomic mass is 32.1. The fraction of sp³-hybridized carbons (Fsp3) is 0.214. The van der Waals surface area contributed by atoms with Crippen LogP contribution in [0.25, 0.3) is 10.2 Å². The van der Waals surface area contributed by atoms with Gasteiger partial charge in [0.15, 0.2) is 5.13 Å². The molecule has 0 bridgehead atoms. The number of aryl methyl sites for hydroxylation is 3. The van der Waals surface area contributed by atoms with Crippen LogP contribution >= 0.6 is 11.3 Å². The molecule has 0 fully saturated rings. The van der Waals surface area contributed by atoms with Gasteiger partial charge in [-0.15, -0.1) is 0 Å². The first-order chi connectivity index (χ1) is 16.9. The zero-order valence-corrected chi connectivity index (χ0v) is 20.7. The predicted octanol–water partition coefficient (Wildman–Crippen LogP) is 6.04. The van der Waals surface area contributed by atoms with Crippen LogP contribution in [0.15, 0.2) is 54.6 Å². The molecule has 0 radical (unpaired) electrons. The Morgan fingerprint density at radius 2 is 1.60 bits per heavy atom. The summed E-state index contributed by atoms with van der Waals surface area (Å²) in [5.41, 5.74) is 5.45. The molecule has 7 heteroatoms. The normalized spacial score (nSPS) is 12.9. The summed E-state index contributed by atoms with van der Waals surface area (Å²) in [5.74, 6) is -1.13. The highest BCUT2D eigenvalue weighted by Gasteiger charge is 2.38. The number of nitrogens with zero attached hydrogens (tertiary/aromatic N) is 2. The number of anilines is 2. The third-order valence-corrected chi connectivity index (χ3v) is 7.35. The van der Waals surface area contributed by atoms with Crippen LogP contribution in [0.3, 0.4) is 0 Å². The SMILES string of the molecule is CCc1ccc2nc(NC(=O)c3ccc4c(c3)C(=O)N(c3c(CC)cccc3CC)C4=O)sc2c1. The van der Waals surface area contributed by atoms with Crippen LogP contribution < -0.4 is 10.2 Å². The molecular formula is C28H25N3O3S. The lowest BCUT2D eigenvalue weighted by Gasteiger charge is -2.21. The van der Waals surface area contributed by atoms with Gasteiger partial charge in [-0.05, 0) is 66.3 Å². The van der Waals surface area contributed by atoms with Crippen LogP contribution in [0.5, 0.6) is 0 Å². The summed E-state index contributed by atoms with van der Waals surface area (Å²) < 4.78 is 1.01. The van der Waals surface area contributed by atoms with Gasteiger partial charge in [0.1, 0.15) is 0 Å². The molecule has 35 heavy (non-hydrogen) atoms. The Morgan fingerprint density at radius 3 is 2.29 bits per heavy atom. The van der Waals surface area contributed by atoms with Gasteiger partial charge in [-0.2, -0.15) is 0 Å². The highest BCUT2D eigenvalue weighted by molar-refractivity contribution is 7.22. The average molecular weight is 484 g/mol. The molecule has 0 saturated heterocycles. The number of hydrogen-bond donors (Lipinski definition) is 1. The maximum Gasteiger partial charge on any atom is 0.266 e. The second-order valence-electron chi connectivity index (χ2n) is 8.47. The zero-order valence-electron chi connectivity index (χ0n) is 19.8. The number of para-hydroxylation sites is 1. The van der Waals surface area contributed by atoms with E-state index in [1.54, 1.807) is 12.1 Å². The van der Waals surface area contributed by atoms with Crippen LogP contribution in [-0.2, 0) is 19.3 Å². The van der Waals surface area contributed by atoms with E-state index in [1.807, 2.05) is 44.2 Å². The van der Waals surface area contributed by atoms with Gasteiger partial charge in [0, 0.05) is 5.56 Å². The van der Waals surface area contributed by atoms with Crippen molar-refractivity contribution in [1.82, 2.24) is 4.98 Å². The number of fused-ring (bicyclic) bond motifs is 2. The van der Waals surface area contributed by atoms with Crippen molar-refractivity contribution in [3.05, 3.63) is 88.0 Å². The Balaban J connectivity index is 1.45. The van der Waals surface area contributed by atoms with E-state index in [1.165, 1.54) is 27.9 Å². The quantitative estimate of drug-likeness (QED) is 0.339. The number of amides is 3. The molecular weight excluding hydrogens is 458 g/mol. The van der Waals surface area contributed by atoms with Crippen LogP contribution in [0, 0.1) is 0 Å². The second kappa shape index (κ2) is 9.07. The van der Waals surface area contributed by atoms with E-state index in [4.69, 9.17) is 0 Å². The van der Waals surface area contributed by atoms with E-state index in [9.17, 15) is 14.4 Å². The van der Waals surface area contributed by atoms with Crippen LogP contribution in [0.1, 0.15) is 68.5 Å². The standard InChI is InChI=1S/C28H25N3O3S/c1-4-16-10-13-22-23(14-16)35-28(29-22)30-25(32)19-11-12-20-21(15-19)27(34)31(26(20)33)24-17(5-2)8-7-9-18(24)6-3/h7-15H,4-6H2,1-3H3,(H,29,30,32). The zero-order chi connectivity index (χ0) is 24.7. The Labute approximate surface area is 207 Å². The smallest absolute Gasteiger partial charge is 0.266 e. The van der Waals surface area contributed by atoms with Crippen molar-refractivity contribution in [3.8, 4) is 0 Å². The van der Waals surface area contributed by atoms with Gasteiger partial charge in [0.25, 0.3) is 17.7 Å². The largest absolute Gasteiger partial charge is 0.298 e. The van der Waals surface area contributed by atoms with Gasteiger partial charge < -0.3 is 0 Å².